The fourth-order valence-electron chi connectivity index (χ4n) is 2.85. The molecule has 1 rings (SSSR count). The maximum Gasteiger partial charge on any atom is 0.330 e. The van der Waals surface area contributed by atoms with E-state index in [9.17, 15) is 14.5 Å². The van der Waals surface area contributed by atoms with Crippen LogP contribution in [0.5, 0.6) is 5.75 Å². The first kappa shape index (κ1) is 26.4. The summed E-state index contributed by atoms with van der Waals surface area (Å²) < 4.78 is 22.5. The summed E-state index contributed by atoms with van der Waals surface area (Å²) in [5, 5.41) is 10.8. The molecule has 0 aliphatic rings. The molecule has 0 bridgehead atoms. The average molecular weight is 437 g/mol. The molecule has 0 fully saturated rings. The molecule has 30 heavy (non-hydrogen) atoms. The molecule has 1 atom stereocenters. The Hall–Kier alpha value is -1.68. The number of ketones is 1. The monoisotopic (exact) mass is 436 g/mol. The number of hydrogen-bond donors (Lipinski definition) is 1. The molecule has 1 N–H and O–H groups in total. The van der Waals surface area contributed by atoms with Crippen molar-refractivity contribution >= 4 is 19.5 Å². The zero-order chi connectivity index (χ0) is 23.2. The van der Waals surface area contributed by atoms with Gasteiger partial charge in [-0.05, 0) is 41.5 Å². The van der Waals surface area contributed by atoms with Crippen molar-refractivity contribution in [2.75, 3.05) is 19.4 Å². The highest BCUT2D eigenvalue weighted by Gasteiger charge is 2.26. The van der Waals surface area contributed by atoms with Gasteiger partial charge in [0.15, 0.2) is 5.78 Å². The molecular weight excluding hydrogens is 399 g/mol. The molecule has 0 aliphatic carbocycles. The molecular formula is C24H37O5P. The second-order valence-electron chi connectivity index (χ2n) is 9.27. The van der Waals surface area contributed by atoms with Crippen molar-refractivity contribution in [1.82, 2.24) is 0 Å². The van der Waals surface area contributed by atoms with Gasteiger partial charge >= 0.3 is 7.60 Å². The summed E-state index contributed by atoms with van der Waals surface area (Å²) in [6.45, 7) is 15.8. The maximum atomic E-state index is 12.2. The van der Waals surface area contributed by atoms with Gasteiger partial charge in [-0.1, -0.05) is 66.7 Å². The Kier molecular flexibility index (Phi) is 9.28. The van der Waals surface area contributed by atoms with Crippen molar-refractivity contribution in [2.24, 2.45) is 0 Å². The third-order valence-electron chi connectivity index (χ3n) is 4.55. The fraction of sp³-hybridized carbons (Fsp3) is 0.542. The highest BCUT2D eigenvalue weighted by molar-refractivity contribution is 7.53. The molecule has 0 spiro atoms. The van der Waals surface area contributed by atoms with E-state index in [0.29, 0.717) is 5.75 Å². The van der Waals surface area contributed by atoms with Crippen molar-refractivity contribution in [1.29, 1.82) is 0 Å². The maximum absolute atomic E-state index is 12.2. The quantitative estimate of drug-likeness (QED) is 0.276. The van der Waals surface area contributed by atoms with Gasteiger partial charge in [-0.3, -0.25) is 9.36 Å². The van der Waals surface area contributed by atoms with Crippen LogP contribution in [0, 0.1) is 0 Å². The number of benzene rings is 1. The molecule has 0 aromatic heterocycles. The normalized spacial score (nSPS) is 15.1. The molecule has 1 aromatic carbocycles. The van der Waals surface area contributed by atoms with Crippen molar-refractivity contribution < 1.29 is 23.5 Å². The summed E-state index contributed by atoms with van der Waals surface area (Å²) >= 11 is 0. The van der Waals surface area contributed by atoms with Crippen LogP contribution in [0.3, 0.4) is 0 Å². The van der Waals surface area contributed by atoms with Crippen LogP contribution in [-0.2, 0) is 29.2 Å². The second kappa shape index (κ2) is 10.6. The molecule has 1 aromatic rings. The van der Waals surface area contributed by atoms with Crippen LogP contribution < -0.4 is 0 Å². The molecule has 0 saturated carbocycles. The van der Waals surface area contributed by atoms with Gasteiger partial charge in [-0.15, -0.1) is 0 Å². The van der Waals surface area contributed by atoms with Crippen molar-refractivity contribution in [3.05, 3.63) is 47.1 Å². The molecule has 0 amide bonds. The highest BCUT2D eigenvalue weighted by Crippen LogP contribution is 2.47. The fourth-order valence-corrected chi connectivity index (χ4v) is 4.01. The van der Waals surface area contributed by atoms with Gasteiger partial charge < -0.3 is 14.2 Å². The minimum Gasteiger partial charge on any atom is -0.507 e. The lowest BCUT2D eigenvalue weighted by atomic mass is 9.78. The smallest absolute Gasteiger partial charge is 0.330 e. The molecule has 0 aliphatic heterocycles. The SMILES string of the molecule is CCOP(=O)(CC)OCC(=O)C=CC=Cc1cc(C(C)(C)C)c(O)c(C(C)(C)C)c1. The summed E-state index contributed by atoms with van der Waals surface area (Å²) in [5.41, 5.74) is 2.31. The third-order valence-corrected chi connectivity index (χ3v) is 6.50. The Balaban J connectivity index is 2.97. The second-order valence-corrected chi connectivity index (χ2v) is 11.6. The molecule has 5 nitrogen and oxygen atoms in total. The van der Waals surface area contributed by atoms with Crippen LogP contribution in [0.25, 0.3) is 6.08 Å². The van der Waals surface area contributed by atoms with Crippen LogP contribution in [0.4, 0.5) is 0 Å². The Morgan fingerprint density at radius 2 is 1.53 bits per heavy atom. The van der Waals surface area contributed by atoms with Crippen LogP contribution in [0.2, 0.25) is 0 Å². The minimum atomic E-state index is -3.19. The number of allylic oxidation sites excluding steroid dienone is 2. The minimum absolute atomic E-state index is 0.204. The summed E-state index contributed by atoms with van der Waals surface area (Å²) in [5.74, 6) is 0.0502. The summed E-state index contributed by atoms with van der Waals surface area (Å²) in [7, 11) is -3.19. The number of phenolic OH excluding ortho intramolecular Hbond substituents is 1. The van der Waals surface area contributed by atoms with Gasteiger partial charge in [0.25, 0.3) is 0 Å². The Labute approximate surface area is 181 Å². The first-order valence-electron chi connectivity index (χ1n) is 10.4. The van der Waals surface area contributed by atoms with Crippen molar-refractivity contribution in [2.45, 2.75) is 66.2 Å². The van der Waals surface area contributed by atoms with E-state index < -0.39 is 7.60 Å². The van der Waals surface area contributed by atoms with Crippen LogP contribution in [-0.4, -0.2) is 30.3 Å². The predicted octanol–water partition coefficient (Wildman–Crippen LogP) is 6.39. The predicted molar refractivity (Wildman–Crippen MR) is 124 cm³/mol. The first-order valence-corrected chi connectivity index (χ1v) is 12.1. The van der Waals surface area contributed by atoms with E-state index in [4.69, 9.17) is 9.05 Å². The summed E-state index contributed by atoms with van der Waals surface area (Å²) in [6.07, 6.45) is 6.91. The van der Waals surface area contributed by atoms with E-state index in [1.54, 1.807) is 26.0 Å². The number of aromatic hydroxyl groups is 1. The van der Waals surface area contributed by atoms with E-state index >= 15 is 0 Å². The molecule has 0 saturated heterocycles. The Morgan fingerprint density at radius 3 is 1.97 bits per heavy atom. The third kappa shape index (κ3) is 7.86. The molecule has 168 valence electrons. The van der Waals surface area contributed by atoms with Crippen LogP contribution in [0.1, 0.15) is 72.1 Å². The van der Waals surface area contributed by atoms with Crippen LogP contribution >= 0.6 is 7.60 Å². The van der Waals surface area contributed by atoms with E-state index in [1.807, 2.05) is 18.2 Å². The number of rotatable bonds is 9. The average Bonchev–Trinajstić information content (AvgIpc) is 2.63. The van der Waals surface area contributed by atoms with Gasteiger partial charge in [0.1, 0.15) is 12.4 Å². The topological polar surface area (TPSA) is 72.8 Å². The van der Waals surface area contributed by atoms with Gasteiger partial charge in [-0.2, -0.15) is 0 Å². The lowest BCUT2D eigenvalue weighted by Crippen LogP contribution is -2.17. The molecule has 1 unspecified atom stereocenters. The van der Waals surface area contributed by atoms with Gasteiger partial charge in [0, 0.05) is 17.3 Å². The Bertz CT molecular complexity index is 803. The number of phenols is 1. The van der Waals surface area contributed by atoms with Gasteiger partial charge in [0.2, 0.25) is 0 Å². The lowest BCUT2D eigenvalue weighted by Gasteiger charge is -2.27. The number of carbonyl (C=O) groups excluding carboxylic acids is 1. The molecule has 0 radical (unpaired) electrons. The zero-order valence-corrected chi connectivity index (χ0v) is 20.5. The van der Waals surface area contributed by atoms with Gasteiger partial charge in [0.05, 0.1) is 6.61 Å². The zero-order valence-electron chi connectivity index (χ0n) is 19.6. The van der Waals surface area contributed by atoms with E-state index in [1.165, 1.54) is 6.08 Å². The largest absolute Gasteiger partial charge is 0.507 e. The van der Waals surface area contributed by atoms with Crippen molar-refractivity contribution in [3.63, 3.8) is 0 Å². The van der Waals surface area contributed by atoms with Crippen molar-refractivity contribution in [3.8, 4) is 5.75 Å². The van der Waals surface area contributed by atoms with E-state index in [0.717, 1.165) is 16.7 Å². The summed E-state index contributed by atoms with van der Waals surface area (Å²) in [6, 6.07) is 3.94. The molecule has 6 heteroatoms. The standard InChI is InChI=1S/C24H37O5P/c1-9-28-30(27,10-2)29-17-19(25)14-12-11-13-18-15-20(23(3,4)5)22(26)21(16-18)24(6,7)8/h11-16,26H,9-10,17H2,1-8H3. The van der Waals surface area contributed by atoms with Crippen LogP contribution in [0.15, 0.2) is 30.4 Å². The van der Waals surface area contributed by atoms with E-state index in [2.05, 4.69) is 41.5 Å². The number of hydrogen-bond acceptors (Lipinski definition) is 5. The molecule has 0 heterocycles. The lowest BCUT2D eigenvalue weighted by molar-refractivity contribution is -0.116. The highest BCUT2D eigenvalue weighted by atomic mass is 31.2. The summed E-state index contributed by atoms with van der Waals surface area (Å²) in [4.78, 5) is 12.0. The first-order chi connectivity index (χ1) is 13.7. The Morgan fingerprint density at radius 1 is 1.00 bits per heavy atom. The van der Waals surface area contributed by atoms with Gasteiger partial charge in [-0.25, -0.2) is 0 Å². The number of carbonyl (C=O) groups is 1. The van der Waals surface area contributed by atoms with E-state index in [-0.39, 0.29) is 36.0 Å².